The lowest BCUT2D eigenvalue weighted by molar-refractivity contribution is 0.428. The summed E-state index contributed by atoms with van der Waals surface area (Å²) in [6.45, 7) is -2.27. The lowest BCUT2D eigenvalue weighted by atomic mass is 10.2. The van der Waals surface area contributed by atoms with Crippen molar-refractivity contribution in [2.24, 2.45) is 0 Å². The first-order chi connectivity index (χ1) is 15.0. The van der Waals surface area contributed by atoms with E-state index in [1.54, 1.807) is 16.7 Å². The minimum atomic E-state index is -2.27. The van der Waals surface area contributed by atoms with Gasteiger partial charge in [-0.25, -0.2) is 9.55 Å². The van der Waals surface area contributed by atoms with Crippen molar-refractivity contribution in [2.75, 3.05) is 0 Å². The number of aromatic nitrogens is 5. The Balaban J connectivity index is 1.69. The first-order valence-corrected chi connectivity index (χ1v) is 8.83. The predicted octanol–water partition coefficient (Wildman–Crippen LogP) is 4.79. The van der Waals surface area contributed by atoms with Gasteiger partial charge in [-0.3, -0.25) is 4.40 Å². The fourth-order valence-electron chi connectivity index (χ4n) is 3.63. The summed E-state index contributed by atoms with van der Waals surface area (Å²) in [4.78, 5) is 9.31. The van der Waals surface area contributed by atoms with Crippen molar-refractivity contribution in [1.29, 1.82) is 0 Å². The van der Waals surface area contributed by atoms with Crippen LogP contribution in [0.2, 0.25) is 0 Å². The van der Waals surface area contributed by atoms with E-state index in [2.05, 4.69) is 10.1 Å². The molecule has 6 aromatic rings. The second-order valence-electron chi connectivity index (χ2n) is 6.51. The molecule has 0 spiro atoms. The highest BCUT2D eigenvalue weighted by molar-refractivity contribution is 5.92. The van der Waals surface area contributed by atoms with Crippen LogP contribution < -0.4 is 0 Å². The topological polar surface area (TPSA) is 61.2 Å². The maximum atomic E-state index is 7.90. The summed E-state index contributed by atoms with van der Waals surface area (Å²) < 4.78 is 32.9. The zero-order chi connectivity index (χ0) is 21.2. The maximum absolute atomic E-state index is 7.90. The Kier molecular flexibility index (Phi) is 2.46. The third kappa shape index (κ3) is 2.00. The van der Waals surface area contributed by atoms with Crippen LogP contribution >= 0.6 is 0 Å². The van der Waals surface area contributed by atoms with Crippen molar-refractivity contribution in [3.05, 3.63) is 78.4 Å². The van der Waals surface area contributed by atoms with Gasteiger partial charge in [-0.05, 0) is 47.9 Å². The molecule has 28 heavy (non-hydrogen) atoms. The molecule has 0 N–H and O–H groups in total. The molecule has 3 aromatic heterocycles. The van der Waals surface area contributed by atoms with Crippen molar-refractivity contribution in [1.82, 2.24) is 24.1 Å². The van der Waals surface area contributed by atoms with E-state index in [0.29, 0.717) is 28.7 Å². The lowest BCUT2D eigenvalue weighted by Crippen LogP contribution is -1.97. The Hall–Kier alpha value is -3.93. The summed E-state index contributed by atoms with van der Waals surface area (Å²) in [5.41, 5.74) is 3.88. The number of nitrogens with zero attached hydrogens (tertiary/aromatic N) is 5. The van der Waals surface area contributed by atoms with Gasteiger partial charge in [-0.1, -0.05) is 42.5 Å². The van der Waals surface area contributed by atoms with E-state index >= 15 is 0 Å². The van der Waals surface area contributed by atoms with Gasteiger partial charge in [-0.15, -0.1) is 0 Å². The fourth-order valence-corrected chi connectivity index (χ4v) is 3.63. The van der Waals surface area contributed by atoms with Crippen LogP contribution in [-0.4, -0.2) is 24.1 Å². The molecule has 6 nitrogen and oxygen atoms in total. The molecular weight excluding hydrogens is 350 g/mol. The molecule has 0 saturated heterocycles. The van der Waals surface area contributed by atoms with Crippen LogP contribution in [0.5, 0.6) is 0 Å². The second-order valence-corrected chi connectivity index (χ2v) is 6.51. The molecule has 0 saturated carbocycles. The van der Waals surface area contributed by atoms with E-state index in [4.69, 9.17) is 13.6 Å². The smallest absolute Gasteiger partial charge is 0.277 e. The Morgan fingerprint density at radius 1 is 0.821 bits per heavy atom. The number of para-hydroxylation sites is 3. The van der Waals surface area contributed by atoms with E-state index in [9.17, 15) is 0 Å². The third-order valence-corrected chi connectivity index (χ3v) is 4.87. The maximum Gasteiger partial charge on any atom is 0.277 e. The minimum Gasteiger partial charge on any atom is -0.332 e. The van der Waals surface area contributed by atoms with E-state index in [-0.39, 0.29) is 5.56 Å². The van der Waals surface area contributed by atoms with Crippen LogP contribution in [0, 0.1) is 6.85 Å². The van der Waals surface area contributed by atoms with E-state index < -0.39 is 6.85 Å². The largest absolute Gasteiger partial charge is 0.332 e. The predicted molar refractivity (Wildman–Crippen MR) is 108 cm³/mol. The zero-order valence-electron chi connectivity index (χ0n) is 17.6. The zero-order valence-corrected chi connectivity index (χ0v) is 14.6. The molecular formula is C22H15N5O. The summed E-state index contributed by atoms with van der Waals surface area (Å²) in [7, 11) is 0. The van der Waals surface area contributed by atoms with Crippen molar-refractivity contribution >= 4 is 27.8 Å². The average Bonchev–Trinajstić information content (AvgIpc) is 3.46. The van der Waals surface area contributed by atoms with Crippen LogP contribution in [0.25, 0.3) is 45.2 Å². The molecule has 6 rings (SSSR count). The summed E-state index contributed by atoms with van der Waals surface area (Å²) in [5, 5.41) is 4.19. The number of fused-ring (bicyclic) bond motifs is 5. The van der Waals surface area contributed by atoms with Gasteiger partial charge in [0.2, 0.25) is 5.78 Å². The van der Waals surface area contributed by atoms with Crippen LogP contribution in [0.1, 0.15) is 9.68 Å². The van der Waals surface area contributed by atoms with E-state index in [1.165, 1.54) is 0 Å². The highest BCUT2D eigenvalue weighted by Gasteiger charge is 2.20. The monoisotopic (exact) mass is 368 g/mol. The Bertz CT molecular complexity index is 1580. The van der Waals surface area contributed by atoms with Gasteiger partial charge in [0.15, 0.2) is 0 Å². The highest BCUT2D eigenvalue weighted by atomic mass is 16.5. The summed E-state index contributed by atoms with van der Waals surface area (Å²) >= 11 is 0. The molecule has 0 atom stereocenters. The van der Waals surface area contributed by atoms with Crippen LogP contribution in [0.4, 0.5) is 0 Å². The van der Waals surface area contributed by atoms with Gasteiger partial charge < -0.3 is 4.52 Å². The number of hydrogen-bond donors (Lipinski definition) is 0. The van der Waals surface area contributed by atoms with Gasteiger partial charge in [0.1, 0.15) is 0 Å². The molecule has 0 radical (unpaired) electrons. The summed E-state index contributed by atoms with van der Waals surface area (Å²) in [6, 6.07) is 22.5. The quantitative estimate of drug-likeness (QED) is 0.441. The number of rotatable bonds is 2. The summed E-state index contributed by atoms with van der Waals surface area (Å²) in [5.74, 6) is 1.25. The molecule has 0 unspecified atom stereocenters. The molecule has 0 aliphatic rings. The van der Waals surface area contributed by atoms with Crippen LogP contribution in [0.3, 0.4) is 0 Å². The van der Waals surface area contributed by atoms with Gasteiger partial charge in [0.25, 0.3) is 11.8 Å². The second kappa shape index (κ2) is 5.53. The Morgan fingerprint density at radius 2 is 1.61 bits per heavy atom. The Labute approximate surface area is 163 Å². The summed E-state index contributed by atoms with van der Waals surface area (Å²) in [6.07, 6.45) is 0. The Morgan fingerprint density at radius 3 is 2.46 bits per heavy atom. The molecule has 134 valence electrons. The first-order valence-electron chi connectivity index (χ1n) is 10.3. The standard InChI is InChI=1S/C22H15N5O/c1-14-8-7-13-18-19(14)23-22-26(18)16-11-5-6-12-17(16)27(22)21-24-20(28-25-21)15-9-3-2-4-10-15/h2-13H,1H3/i1D3. The third-order valence-electron chi connectivity index (χ3n) is 4.87. The minimum absolute atomic E-state index is 0.211. The molecule has 0 fully saturated rings. The van der Waals surface area contributed by atoms with Gasteiger partial charge in [-0.2, -0.15) is 4.98 Å². The number of benzene rings is 3. The van der Waals surface area contributed by atoms with Gasteiger partial charge in [0, 0.05) is 9.68 Å². The molecule has 6 heteroatoms. The van der Waals surface area contributed by atoms with E-state index in [0.717, 1.165) is 16.6 Å². The average molecular weight is 368 g/mol. The number of imidazole rings is 2. The molecule has 0 amide bonds. The SMILES string of the molecule is [2H]C([2H])([2H])c1cccc2c1nc1n(-c3noc(-c4ccccc4)n3)c3ccccc3n21. The molecule has 0 aliphatic heterocycles. The number of hydrogen-bond acceptors (Lipinski definition) is 4. The van der Waals surface area contributed by atoms with Gasteiger partial charge in [0.05, 0.1) is 22.1 Å². The first kappa shape index (κ1) is 12.5. The van der Waals surface area contributed by atoms with Crippen molar-refractivity contribution < 1.29 is 8.64 Å². The highest BCUT2D eigenvalue weighted by Crippen LogP contribution is 2.30. The van der Waals surface area contributed by atoms with Crippen molar-refractivity contribution in [3.63, 3.8) is 0 Å². The lowest BCUT2D eigenvalue weighted by Gasteiger charge is -1.98. The fraction of sp³-hybridized carbons (Fsp3) is 0.0455. The van der Waals surface area contributed by atoms with Crippen molar-refractivity contribution in [2.45, 2.75) is 6.85 Å². The molecule has 0 aliphatic carbocycles. The van der Waals surface area contributed by atoms with Gasteiger partial charge >= 0.3 is 0 Å². The van der Waals surface area contributed by atoms with Crippen molar-refractivity contribution in [3.8, 4) is 17.4 Å². The van der Waals surface area contributed by atoms with E-state index in [1.807, 2.05) is 65.1 Å². The molecule has 3 aromatic carbocycles. The molecule has 0 bridgehead atoms. The normalized spacial score (nSPS) is 13.8. The number of aryl methyl sites for hydroxylation is 1. The van der Waals surface area contributed by atoms with Crippen LogP contribution in [0.15, 0.2) is 77.3 Å². The van der Waals surface area contributed by atoms with Crippen LogP contribution in [-0.2, 0) is 0 Å². The molecule has 3 heterocycles.